The summed E-state index contributed by atoms with van der Waals surface area (Å²) in [5.41, 5.74) is 1.29. The van der Waals surface area contributed by atoms with Crippen LogP contribution in [0.4, 0.5) is 0 Å². The first-order chi connectivity index (χ1) is 9.11. The Hall–Kier alpha value is -2.13. The zero-order valence-electron chi connectivity index (χ0n) is 9.88. The molecule has 1 heterocycles. The molecule has 0 spiro atoms. The minimum absolute atomic E-state index is 0.139. The Bertz CT molecular complexity index is 641. The number of nitrogens with zero attached hydrogens (tertiary/aromatic N) is 3. The van der Waals surface area contributed by atoms with Gasteiger partial charge < -0.3 is 5.11 Å². The SMILES string of the molecule is N#CCCn1cc(C(=O)O)c(-c2ccc(Br)cc2)n1. The molecule has 0 amide bonds. The minimum atomic E-state index is -1.03. The van der Waals surface area contributed by atoms with Crippen molar-refractivity contribution in [1.82, 2.24) is 9.78 Å². The van der Waals surface area contributed by atoms with E-state index in [1.54, 1.807) is 12.1 Å². The van der Waals surface area contributed by atoms with Crippen LogP contribution in [-0.2, 0) is 6.54 Å². The average molecular weight is 320 g/mol. The number of aromatic nitrogens is 2. The van der Waals surface area contributed by atoms with Crippen LogP contribution in [0.2, 0.25) is 0 Å². The Labute approximate surface area is 118 Å². The summed E-state index contributed by atoms with van der Waals surface area (Å²) in [6.07, 6.45) is 1.75. The minimum Gasteiger partial charge on any atom is -0.478 e. The average Bonchev–Trinajstić information content (AvgIpc) is 2.81. The van der Waals surface area contributed by atoms with Crippen molar-refractivity contribution in [3.63, 3.8) is 0 Å². The Kier molecular flexibility index (Phi) is 3.97. The molecule has 1 N–H and O–H groups in total. The van der Waals surface area contributed by atoms with Crippen LogP contribution in [0.15, 0.2) is 34.9 Å². The number of rotatable bonds is 4. The van der Waals surface area contributed by atoms with Crippen LogP contribution in [0.1, 0.15) is 16.8 Å². The first-order valence-corrected chi connectivity index (χ1v) is 6.34. The summed E-state index contributed by atoms with van der Waals surface area (Å²) >= 11 is 3.33. The lowest BCUT2D eigenvalue weighted by Gasteiger charge is -1.99. The number of hydrogen-bond donors (Lipinski definition) is 1. The van der Waals surface area contributed by atoms with Crippen LogP contribution in [0.3, 0.4) is 0 Å². The maximum absolute atomic E-state index is 11.2. The molecule has 6 heteroatoms. The largest absolute Gasteiger partial charge is 0.478 e. The summed E-state index contributed by atoms with van der Waals surface area (Å²) in [6, 6.07) is 9.26. The van der Waals surface area contributed by atoms with E-state index >= 15 is 0 Å². The van der Waals surface area contributed by atoms with Crippen molar-refractivity contribution in [2.24, 2.45) is 0 Å². The molecule has 0 aliphatic heterocycles. The highest BCUT2D eigenvalue weighted by molar-refractivity contribution is 9.10. The molecule has 96 valence electrons. The molecule has 2 aromatic rings. The van der Waals surface area contributed by atoms with E-state index in [-0.39, 0.29) is 5.56 Å². The molecule has 0 aliphatic rings. The van der Waals surface area contributed by atoms with Gasteiger partial charge in [0.05, 0.1) is 19.0 Å². The van der Waals surface area contributed by atoms with E-state index in [1.165, 1.54) is 10.9 Å². The number of nitriles is 1. The Morgan fingerprint density at radius 1 is 1.42 bits per heavy atom. The van der Waals surface area contributed by atoms with Crippen LogP contribution in [0.25, 0.3) is 11.3 Å². The smallest absolute Gasteiger partial charge is 0.339 e. The summed E-state index contributed by atoms with van der Waals surface area (Å²) in [4.78, 5) is 11.2. The summed E-state index contributed by atoms with van der Waals surface area (Å²) in [5, 5.41) is 22.0. The van der Waals surface area contributed by atoms with Gasteiger partial charge in [0.1, 0.15) is 11.3 Å². The predicted octanol–water partition coefficient (Wildman–Crippen LogP) is 2.92. The number of carboxylic acid groups (broad SMARTS) is 1. The maximum atomic E-state index is 11.2. The second kappa shape index (κ2) is 5.67. The number of hydrogen-bond acceptors (Lipinski definition) is 3. The van der Waals surface area contributed by atoms with Crippen molar-refractivity contribution in [2.75, 3.05) is 0 Å². The van der Waals surface area contributed by atoms with Crippen molar-refractivity contribution in [1.29, 1.82) is 5.26 Å². The predicted molar refractivity (Wildman–Crippen MR) is 72.6 cm³/mol. The van der Waals surface area contributed by atoms with Crippen LogP contribution in [-0.4, -0.2) is 20.9 Å². The normalized spacial score (nSPS) is 10.1. The number of benzene rings is 1. The standard InChI is InChI=1S/C13H10BrN3O2/c14-10-4-2-9(3-5-10)12-11(13(18)19)8-17(16-12)7-1-6-15/h2-5,8H,1,7H2,(H,18,19). The van der Waals surface area contributed by atoms with Crippen molar-refractivity contribution in [2.45, 2.75) is 13.0 Å². The molecule has 0 atom stereocenters. The van der Waals surface area contributed by atoms with Crippen molar-refractivity contribution in [3.8, 4) is 17.3 Å². The third-order valence-corrected chi connectivity index (χ3v) is 3.09. The van der Waals surface area contributed by atoms with Gasteiger partial charge in [-0.15, -0.1) is 0 Å². The maximum Gasteiger partial charge on any atom is 0.339 e. The number of carboxylic acids is 1. The topological polar surface area (TPSA) is 78.9 Å². The van der Waals surface area contributed by atoms with E-state index in [9.17, 15) is 9.90 Å². The highest BCUT2D eigenvalue weighted by Gasteiger charge is 2.16. The number of carbonyl (C=O) groups is 1. The second-order valence-corrected chi connectivity index (χ2v) is 4.79. The van der Waals surface area contributed by atoms with E-state index in [0.717, 1.165) is 10.0 Å². The molecular weight excluding hydrogens is 310 g/mol. The zero-order chi connectivity index (χ0) is 13.8. The highest BCUT2D eigenvalue weighted by Crippen LogP contribution is 2.24. The van der Waals surface area contributed by atoms with Gasteiger partial charge in [-0.25, -0.2) is 4.79 Å². The molecule has 0 unspecified atom stereocenters. The van der Waals surface area contributed by atoms with Crippen LogP contribution in [0.5, 0.6) is 0 Å². The Balaban J connectivity index is 2.43. The fraction of sp³-hybridized carbons (Fsp3) is 0.154. The molecule has 0 saturated heterocycles. The lowest BCUT2D eigenvalue weighted by atomic mass is 10.1. The first-order valence-electron chi connectivity index (χ1n) is 5.55. The zero-order valence-corrected chi connectivity index (χ0v) is 11.5. The fourth-order valence-electron chi connectivity index (χ4n) is 1.68. The molecular formula is C13H10BrN3O2. The molecule has 0 fully saturated rings. The van der Waals surface area contributed by atoms with Crippen molar-refractivity contribution < 1.29 is 9.90 Å². The lowest BCUT2D eigenvalue weighted by Crippen LogP contribution is -1.97. The van der Waals surface area contributed by atoms with Gasteiger partial charge in [-0.2, -0.15) is 10.4 Å². The molecule has 0 bridgehead atoms. The van der Waals surface area contributed by atoms with Gasteiger partial charge in [0.2, 0.25) is 0 Å². The quantitative estimate of drug-likeness (QED) is 0.939. The van der Waals surface area contributed by atoms with Gasteiger partial charge in [0.25, 0.3) is 0 Å². The Morgan fingerprint density at radius 3 is 2.68 bits per heavy atom. The van der Waals surface area contributed by atoms with Gasteiger partial charge in [-0.3, -0.25) is 4.68 Å². The van der Waals surface area contributed by atoms with Gasteiger partial charge in [0, 0.05) is 16.2 Å². The van der Waals surface area contributed by atoms with E-state index in [0.29, 0.717) is 18.7 Å². The Morgan fingerprint density at radius 2 is 2.11 bits per heavy atom. The highest BCUT2D eigenvalue weighted by atomic mass is 79.9. The number of halogens is 1. The summed E-state index contributed by atoms with van der Waals surface area (Å²) in [5.74, 6) is -1.03. The molecule has 0 radical (unpaired) electrons. The van der Waals surface area contributed by atoms with E-state index < -0.39 is 5.97 Å². The number of aryl methyl sites for hydroxylation is 1. The van der Waals surface area contributed by atoms with Gasteiger partial charge in [-0.1, -0.05) is 28.1 Å². The molecule has 2 rings (SSSR count). The molecule has 1 aromatic heterocycles. The second-order valence-electron chi connectivity index (χ2n) is 3.87. The van der Waals surface area contributed by atoms with Gasteiger partial charge >= 0.3 is 5.97 Å². The van der Waals surface area contributed by atoms with Gasteiger partial charge in [-0.05, 0) is 12.1 Å². The summed E-state index contributed by atoms with van der Waals surface area (Å²) in [6.45, 7) is 0.382. The van der Waals surface area contributed by atoms with Gasteiger partial charge in [0.15, 0.2) is 0 Å². The molecule has 19 heavy (non-hydrogen) atoms. The van der Waals surface area contributed by atoms with Crippen LogP contribution in [0, 0.1) is 11.3 Å². The van der Waals surface area contributed by atoms with Crippen LogP contribution >= 0.6 is 15.9 Å². The summed E-state index contributed by atoms with van der Waals surface area (Å²) in [7, 11) is 0. The van der Waals surface area contributed by atoms with E-state index in [1.807, 2.05) is 18.2 Å². The third-order valence-electron chi connectivity index (χ3n) is 2.56. The fourth-order valence-corrected chi connectivity index (χ4v) is 1.94. The van der Waals surface area contributed by atoms with E-state index in [2.05, 4.69) is 21.0 Å². The lowest BCUT2D eigenvalue weighted by molar-refractivity contribution is 0.0697. The summed E-state index contributed by atoms with van der Waals surface area (Å²) < 4.78 is 2.40. The monoisotopic (exact) mass is 319 g/mol. The van der Waals surface area contributed by atoms with Crippen molar-refractivity contribution >= 4 is 21.9 Å². The number of aromatic carboxylic acids is 1. The van der Waals surface area contributed by atoms with E-state index in [4.69, 9.17) is 5.26 Å². The molecule has 1 aromatic carbocycles. The van der Waals surface area contributed by atoms with Crippen molar-refractivity contribution in [3.05, 3.63) is 40.5 Å². The third kappa shape index (κ3) is 3.01. The van der Waals surface area contributed by atoms with Crippen LogP contribution < -0.4 is 0 Å². The molecule has 0 aliphatic carbocycles. The molecule has 5 nitrogen and oxygen atoms in total. The first kappa shape index (κ1) is 13.3. The molecule has 0 saturated carbocycles.